The van der Waals surface area contributed by atoms with E-state index in [-0.39, 0.29) is 0 Å². The largest absolute Gasteiger partial charge is 0.375 e. The van der Waals surface area contributed by atoms with Crippen LogP contribution < -0.4 is 5.73 Å². The van der Waals surface area contributed by atoms with Crippen molar-refractivity contribution < 1.29 is 4.52 Å². The van der Waals surface area contributed by atoms with Gasteiger partial charge >= 0.3 is 0 Å². The van der Waals surface area contributed by atoms with Crippen LogP contribution in [0, 0.1) is 13.8 Å². The average molecular weight is 321 g/mol. The van der Waals surface area contributed by atoms with Crippen LogP contribution in [0.25, 0.3) is 32.5 Å². The maximum absolute atomic E-state index is 5.87. The van der Waals surface area contributed by atoms with E-state index in [4.69, 9.17) is 10.3 Å². The van der Waals surface area contributed by atoms with E-state index >= 15 is 0 Å². The van der Waals surface area contributed by atoms with Crippen molar-refractivity contribution in [2.24, 2.45) is 0 Å². The minimum absolute atomic E-state index is 0.592. The number of aryl methyl sites for hydroxylation is 2. The second-order valence-corrected chi connectivity index (χ2v) is 6.52. The summed E-state index contributed by atoms with van der Waals surface area (Å²) in [4.78, 5) is 4.37. The highest BCUT2D eigenvalue weighted by Crippen LogP contribution is 2.36. The molecule has 0 saturated carbocycles. The molecule has 0 aliphatic heterocycles. The van der Waals surface area contributed by atoms with Crippen molar-refractivity contribution in [1.82, 2.24) is 10.1 Å². The number of nitrogen functional groups attached to an aromatic ring is 1. The highest BCUT2D eigenvalue weighted by atomic mass is 32.1. The average Bonchev–Trinajstić information content (AvgIpc) is 3.08. The summed E-state index contributed by atoms with van der Waals surface area (Å²) in [6, 6.07) is 14.5. The lowest BCUT2D eigenvalue weighted by molar-refractivity contribution is 0.393. The van der Waals surface area contributed by atoms with Gasteiger partial charge in [-0.3, -0.25) is 0 Å². The molecule has 5 heteroatoms. The molecule has 23 heavy (non-hydrogen) atoms. The zero-order valence-corrected chi connectivity index (χ0v) is 13.6. The molecule has 0 fully saturated rings. The zero-order chi connectivity index (χ0) is 16.0. The molecular formula is C18H15N3OS. The lowest BCUT2D eigenvalue weighted by atomic mass is 9.98. The Kier molecular flexibility index (Phi) is 3.16. The summed E-state index contributed by atoms with van der Waals surface area (Å²) in [5, 5.41) is 4.64. The summed E-state index contributed by atoms with van der Waals surface area (Å²) < 4.78 is 6.41. The van der Waals surface area contributed by atoms with Gasteiger partial charge < -0.3 is 10.3 Å². The van der Waals surface area contributed by atoms with Gasteiger partial charge in [0, 0.05) is 11.1 Å². The molecule has 0 spiro atoms. The Morgan fingerprint density at radius 1 is 1.04 bits per heavy atom. The molecule has 4 rings (SSSR count). The van der Waals surface area contributed by atoms with Crippen molar-refractivity contribution in [2.45, 2.75) is 13.8 Å². The lowest BCUT2D eigenvalue weighted by Crippen LogP contribution is -1.84. The summed E-state index contributed by atoms with van der Waals surface area (Å²) in [6.07, 6.45) is 0. The summed E-state index contributed by atoms with van der Waals surface area (Å²) in [5.74, 6) is 0.833. The smallest absolute Gasteiger partial charge is 0.181 e. The van der Waals surface area contributed by atoms with E-state index in [1.807, 2.05) is 26.0 Å². The van der Waals surface area contributed by atoms with E-state index in [0.717, 1.165) is 43.9 Å². The van der Waals surface area contributed by atoms with Crippen LogP contribution in [0.5, 0.6) is 0 Å². The molecule has 0 bridgehead atoms. The van der Waals surface area contributed by atoms with Crippen molar-refractivity contribution in [1.29, 1.82) is 0 Å². The monoisotopic (exact) mass is 321 g/mol. The number of nitrogens with zero attached hydrogens (tertiary/aromatic N) is 2. The van der Waals surface area contributed by atoms with Crippen molar-refractivity contribution in [2.75, 3.05) is 5.73 Å². The van der Waals surface area contributed by atoms with Gasteiger partial charge in [0.05, 0.1) is 15.9 Å². The van der Waals surface area contributed by atoms with E-state index < -0.39 is 0 Å². The van der Waals surface area contributed by atoms with Crippen molar-refractivity contribution in [3.8, 4) is 22.3 Å². The van der Waals surface area contributed by atoms with Crippen molar-refractivity contribution in [3.63, 3.8) is 0 Å². The van der Waals surface area contributed by atoms with Gasteiger partial charge in [-0.2, -0.15) is 0 Å². The Labute approximate surface area is 137 Å². The first kappa shape index (κ1) is 14.0. The molecule has 2 aromatic carbocycles. The van der Waals surface area contributed by atoms with E-state index in [2.05, 4.69) is 40.5 Å². The van der Waals surface area contributed by atoms with Gasteiger partial charge in [-0.05, 0) is 37.1 Å². The Hall–Kier alpha value is -2.66. The lowest BCUT2D eigenvalue weighted by Gasteiger charge is -2.06. The zero-order valence-electron chi connectivity index (χ0n) is 12.8. The van der Waals surface area contributed by atoms with E-state index in [0.29, 0.717) is 5.13 Å². The Morgan fingerprint density at radius 3 is 2.61 bits per heavy atom. The summed E-state index contributed by atoms with van der Waals surface area (Å²) in [7, 11) is 0. The quantitative estimate of drug-likeness (QED) is 0.575. The Balaban J connectivity index is 1.91. The van der Waals surface area contributed by atoms with Crippen LogP contribution in [0.1, 0.15) is 11.5 Å². The van der Waals surface area contributed by atoms with Crippen LogP contribution in [-0.2, 0) is 0 Å². The van der Waals surface area contributed by atoms with E-state index in [1.54, 1.807) is 0 Å². The Bertz CT molecular complexity index is 997. The minimum Gasteiger partial charge on any atom is -0.375 e. The van der Waals surface area contributed by atoms with Crippen LogP contribution >= 0.6 is 11.3 Å². The van der Waals surface area contributed by atoms with Crippen LogP contribution in [-0.4, -0.2) is 10.1 Å². The topological polar surface area (TPSA) is 64.9 Å². The molecule has 0 aliphatic rings. The molecule has 2 heterocycles. The molecule has 2 N–H and O–H groups in total. The number of nitrogens with two attached hydrogens (primary N) is 1. The second kappa shape index (κ2) is 5.21. The molecule has 0 aliphatic carbocycles. The fourth-order valence-corrected chi connectivity index (χ4v) is 3.80. The molecule has 4 aromatic rings. The molecule has 0 saturated heterocycles. The number of fused-ring (bicyclic) bond motifs is 1. The minimum atomic E-state index is 0.592. The van der Waals surface area contributed by atoms with Crippen LogP contribution in [0.2, 0.25) is 0 Å². The van der Waals surface area contributed by atoms with Crippen LogP contribution in [0.4, 0.5) is 5.13 Å². The standard InChI is InChI=1S/C18H15N3OS/c1-10-16(11(2)22-21-10)13-6-3-5-12(9-13)14-7-4-8-15-17(14)23-18(19)20-15/h3-9H,1-2H3,(H2,19,20). The first-order chi connectivity index (χ1) is 11.1. The molecule has 0 amide bonds. The predicted octanol–water partition coefficient (Wildman–Crippen LogP) is 4.82. The van der Waals surface area contributed by atoms with Crippen molar-refractivity contribution >= 4 is 26.7 Å². The van der Waals surface area contributed by atoms with Gasteiger partial charge in [0.1, 0.15) is 5.76 Å². The fourth-order valence-electron chi connectivity index (χ4n) is 2.93. The molecule has 114 valence electrons. The number of benzene rings is 2. The third-order valence-electron chi connectivity index (χ3n) is 3.93. The first-order valence-electron chi connectivity index (χ1n) is 7.32. The molecule has 0 radical (unpaired) electrons. The number of aromatic nitrogens is 2. The molecule has 2 aromatic heterocycles. The number of rotatable bonds is 2. The third kappa shape index (κ3) is 2.29. The van der Waals surface area contributed by atoms with E-state index in [1.165, 1.54) is 11.3 Å². The van der Waals surface area contributed by atoms with Gasteiger partial charge in [-0.25, -0.2) is 4.98 Å². The molecule has 0 unspecified atom stereocenters. The summed E-state index contributed by atoms with van der Waals surface area (Å²) >= 11 is 1.52. The van der Waals surface area contributed by atoms with Crippen LogP contribution in [0.15, 0.2) is 47.0 Å². The third-order valence-corrected chi connectivity index (χ3v) is 4.86. The van der Waals surface area contributed by atoms with Gasteiger partial charge in [0.2, 0.25) is 0 Å². The number of thiazole rings is 1. The normalized spacial score (nSPS) is 11.2. The maximum atomic E-state index is 5.87. The molecule has 4 nitrogen and oxygen atoms in total. The summed E-state index contributed by atoms with van der Waals surface area (Å²) in [5.41, 5.74) is 12.2. The number of hydrogen-bond acceptors (Lipinski definition) is 5. The first-order valence-corrected chi connectivity index (χ1v) is 8.14. The van der Waals surface area contributed by atoms with Gasteiger partial charge in [0.25, 0.3) is 0 Å². The van der Waals surface area contributed by atoms with Crippen LogP contribution in [0.3, 0.4) is 0 Å². The van der Waals surface area contributed by atoms with Crippen molar-refractivity contribution in [3.05, 3.63) is 53.9 Å². The SMILES string of the molecule is Cc1noc(C)c1-c1cccc(-c2cccc3nc(N)sc23)c1. The Morgan fingerprint density at radius 2 is 1.83 bits per heavy atom. The molecule has 0 atom stereocenters. The van der Waals surface area contributed by atoms with Gasteiger partial charge in [-0.15, -0.1) is 0 Å². The number of anilines is 1. The predicted molar refractivity (Wildman–Crippen MR) is 94.4 cm³/mol. The second-order valence-electron chi connectivity index (χ2n) is 5.49. The van der Waals surface area contributed by atoms with Gasteiger partial charge in [0.15, 0.2) is 5.13 Å². The van der Waals surface area contributed by atoms with Gasteiger partial charge in [-0.1, -0.05) is 46.8 Å². The maximum Gasteiger partial charge on any atom is 0.181 e. The highest BCUT2D eigenvalue weighted by molar-refractivity contribution is 7.22. The highest BCUT2D eigenvalue weighted by Gasteiger charge is 2.13. The summed E-state index contributed by atoms with van der Waals surface area (Å²) in [6.45, 7) is 3.90. The van der Waals surface area contributed by atoms with E-state index in [9.17, 15) is 0 Å². The number of hydrogen-bond donors (Lipinski definition) is 1. The fraction of sp³-hybridized carbons (Fsp3) is 0.111. The molecular weight excluding hydrogens is 306 g/mol.